The van der Waals surface area contributed by atoms with E-state index in [4.69, 9.17) is 16.3 Å². The molecule has 21 heavy (non-hydrogen) atoms. The SMILES string of the molecule is O=C(Nc1ccccc1Cl)NC(CO)CN1CCOCC1. The lowest BCUT2D eigenvalue weighted by molar-refractivity contribution is 0.0308. The molecule has 2 rings (SSSR count). The molecule has 1 aliphatic heterocycles. The first-order valence-corrected chi connectivity index (χ1v) is 7.30. The number of benzene rings is 1. The molecule has 1 fully saturated rings. The predicted molar refractivity (Wildman–Crippen MR) is 81.7 cm³/mol. The quantitative estimate of drug-likeness (QED) is 0.762. The van der Waals surface area contributed by atoms with Gasteiger partial charge in [0.1, 0.15) is 0 Å². The van der Waals surface area contributed by atoms with Gasteiger partial charge in [0.25, 0.3) is 0 Å². The van der Waals surface area contributed by atoms with Crippen molar-refractivity contribution in [2.24, 2.45) is 0 Å². The van der Waals surface area contributed by atoms with Crippen LogP contribution in [-0.2, 0) is 4.74 Å². The number of aliphatic hydroxyl groups is 1. The summed E-state index contributed by atoms with van der Waals surface area (Å²) in [6.07, 6.45) is 0. The van der Waals surface area contributed by atoms with Crippen LogP contribution >= 0.6 is 11.6 Å². The third kappa shape index (κ3) is 5.17. The van der Waals surface area contributed by atoms with E-state index >= 15 is 0 Å². The van der Waals surface area contributed by atoms with Gasteiger partial charge in [0.2, 0.25) is 0 Å². The summed E-state index contributed by atoms with van der Waals surface area (Å²) in [4.78, 5) is 14.1. The summed E-state index contributed by atoms with van der Waals surface area (Å²) < 4.78 is 5.27. The van der Waals surface area contributed by atoms with Gasteiger partial charge in [-0.15, -0.1) is 0 Å². The molecule has 2 amide bonds. The highest BCUT2D eigenvalue weighted by Gasteiger charge is 2.18. The van der Waals surface area contributed by atoms with Crippen molar-refractivity contribution >= 4 is 23.3 Å². The van der Waals surface area contributed by atoms with E-state index in [0.717, 1.165) is 13.1 Å². The molecule has 6 nitrogen and oxygen atoms in total. The Labute approximate surface area is 129 Å². The van der Waals surface area contributed by atoms with Crippen molar-refractivity contribution in [3.8, 4) is 0 Å². The number of morpholine rings is 1. The molecule has 0 saturated carbocycles. The van der Waals surface area contributed by atoms with Gasteiger partial charge in [0.15, 0.2) is 0 Å². The highest BCUT2D eigenvalue weighted by molar-refractivity contribution is 6.33. The summed E-state index contributed by atoms with van der Waals surface area (Å²) in [7, 11) is 0. The Morgan fingerprint density at radius 2 is 2.10 bits per heavy atom. The standard InChI is InChI=1S/C14H20ClN3O3/c15-12-3-1-2-4-13(12)17-14(20)16-11(10-19)9-18-5-7-21-8-6-18/h1-4,11,19H,5-10H2,(H2,16,17,20). The Balaban J connectivity index is 1.83. The zero-order valence-corrected chi connectivity index (χ0v) is 12.5. The van der Waals surface area contributed by atoms with Crippen molar-refractivity contribution in [2.75, 3.05) is 44.8 Å². The first-order chi connectivity index (χ1) is 10.2. The fraction of sp³-hybridized carbons (Fsp3) is 0.500. The van der Waals surface area contributed by atoms with Crippen LogP contribution in [0.25, 0.3) is 0 Å². The van der Waals surface area contributed by atoms with Crippen LogP contribution in [0.15, 0.2) is 24.3 Å². The lowest BCUT2D eigenvalue weighted by Crippen LogP contribution is -2.49. The number of rotatable bonds is 5. The number of nitrogens with one attached hydrogen (secondary N) is 2. The maximum atomic E-state index is 11.9. The molecule has 1 atom stereocenters. The molecule has 3 N–H and O–H groups in total. The molecule has 0 radical (unpaired) electrons. The number of hydrogen-bond donors (Lipinski definition) is 3. The second-order valence-electron chi connectivity index (χ2n) is 4.87. The first-order valence-electron chi connectivity index (χ1n) is 6.92. The molecule has 1 aromatic rings. The molecular weight excluding hydrogens is 294 g/mol. The van der Waals surface area contributed by atoms with E-state index < -0.39 is 0 Å². The lowest BCUT2D eigenvalue weighted by atomic mass is 10.2. The van der Waals surface area contributed by atoms with Gasteiger partial charge < -0.3 is 20.5 Å². The minimum Gasteiger partial charge on any atom is -0.394 e. The molecular formula is C14H20ClN3O3. The second-order valence-corrected chi connectivity index (χ2v) is 5.28. The van der Waals surface area contributed by atoms with Crippen LogP contribution in [0, 0.1) is 0 Å². The second kappa shape index (κ2) is 8.19. The maximum Gasteiger partial charge on any atom is 0.319 e. The van der Waals surface area contributed by atoms with Gasteiger partial charge in [0, 0.05) is 19.6 Å². The van der Waals surface area contributed by atoms with Gasteiger partial charge in [-0.1, -0.05) is 23.7 Å². The number of urea groups is 1. The smallest absolute Gasteiger partial charge is 0.319 e. The molecule has 0 aliphatic carbocycles. The fourth-order valence-electron chi connectivity index (χ4n) is 2.15. The molecule has 1 aliphatic rings. The number of para-hydroxylation sites is 1. The van der Waals surface area contributed by atoms with E-state index in [2.05, 4.69) is 15.5 Å². The lowest BCUT2D eigenvalue weighted by Gasteiger charge is -2.30. The van der Waals surface area contributed by atoms with Crippen molar-refractivity contribution in [2.45, 2.75) is 6.04 Å². The molecule has 0 bridgehead atoms. The van der Waals surface area contributed by atoms with E-state index in [-0.39, 0.29) is 18.7 Å². The molecule has 0 aromatic heterocycles. The summed E-state index contributed by atoms with van der Waals surface area (Å²) in [5, 5.41) is 15.3. The maximum absolute atomic E-state index is 11.9. The Morgan fingerprint density at radius 1 is 1.38 bits per heavy atom. The predicted octanol–water partition coefficient (Wildman–Crippen LogP) is 1.15. The van der Waals surface area contributed by atoms with E-state index in [1.165, 1.54) is 0 Å². The van der Waals surface area contributed by atoms with Crippen molar-refractivity contribution in [1.29, 1.82) is 0 Å². The van der Waals surface area contributed by atoms with E-state index in [1.807, 2.05) is 0 Å². The number of carbonyl (C=O) groups excluding carboxylic acids is 1. The van der Waals surface area contributed by atoms with E-state index in [1.54, 1.807) is 24.3 Å². The third-order valence-corrected chi connectivity index (χ3v) is 3.59. The monoisotopic (exact) mass is 313 g/mol. The van der Waals surface area contributed by atoms with Crippen LogP contribution in [0.5, 0.6) is 0 Å². The van der Waals surface area contributed by atoms with Crippen molar-refractivity contribution < 1.29 is 14.6 Å². The largest absolute Gasteiger partial charge is 0.394 e. The number of carbonyl (C=O) groups is 1. The van der Waals surface area contributed by atoms with Crippen LogP contribution in [0.4, 0.5) is 10.5 Å². The number of anilines is 1. The Morgan fingerprint density at radius 3 is 2.76 bits per heavy atom. The minimum absolute atomic E-state index is 0.118. The Bertz CT molecular complexity index is 467. The number of halogens is 1. The Hall–Kier alpha value is -1.34. The van der Waals surface area contributed by atoms with Gasteiger partial charge in [-0.3, -0.25) is 4.90 Å². The number of amides is 2. The first kappa shape index (κ1) is 16.0. The average molecular weight is 314 g/mol. The average Bonchev–Trinajstić information content (AvgIpc) is 2.50. The van der Waals surface area contributed by atoms with Crippen LogP contribution in [0.2, 0.25) is 5.02 Å². The van der Waals surface area contributed by atoms with Crippen LogP contribution in [0.1, 0.15) is 0 Å². The number of hydrogen-bond acceptors (Lipinski definition) is 4. The molecule has 0 spiro atoms. The normalized spacial score (nSPS) is 17.2. The fourth-order valence-corrected chi connectivity index (χ4v) is 2.33. The van der Waals surface area contributed by atoms with E-state index in [0.29, 0.717) is 30.5 Å². The summed E-state index contributed by atoms with van der Waals surface area (Å²) >= 11 is 5.98. The van der Waals surface area contributed by atoms with Crippen LogP contribution in [0.3, 0.4) is 0 Å². The van der Waals surface area contributed by atoms with E-state index in [9.17, 15) is 9.90 Å². The summed E-state index contributed by atoms with van der Waals surface area (Å²) in [5.74, 6) is 0. The highest BCUT2D eigenvalue weighted by atomic mass is 35.5. The van der Waals surface area contributed by atoms with Gasteiger partial charge in [-0.25, -0.2) is 4.79 Å². The van der Waals surface area contributed by atoms with Gasteiger partial charge >= 0.3 is 6.03 Å². The highest BCUT2D eigenvalue weighted by Crippen LogP contribution is 2.20. The van der Waals surface area contributed by atoms with Crippen molar-refractivity contribution in [3.63, 3.8) is 0 Å². The molecule has 1 heterocycles. The van der Waals surface area contributed by atoms with Crippen molar-refractivity contribution in [3.05, 3.63) is 29.3 Å². The van der Waals surface area contributed by atoms with Crippen LogP contribution < -0.4 is 10.6 Å². The zero-order chi connectivity index (χ0) is 15.1. The number of nitrogens with zero attached hydrogens (tertiary/aromatic N) is 1. The van der Waals surface area contributed by atoms with Gasteiger partial charge in [0.05, 0.1) is 36.6 Å². The summed E-state index contributed by atoms with van der Waals surface area (Å²) in [5.41, 5.74) is 0.541. The summed E-state index contributed by atoms with van der Waals surface area (Å²) in [6, 6.07) is 6.30. The molecule has 7 heteroatoms. The number of aliphatic hydroxyl groups excluding tert-OH is 1. The molecule has 1 aromatic carbocycles. The molecule has 1 saturated heterocycles. The molecule has 1 unspecified atom stereocenters. The molecule has 116 valence electrons. The van der Waals surface area contributed by atoms with Crippen LogP contribution in [-0.4, -0.2) is 61.5 Å². The Kier molecular flexibility index (Phi) is 6.25. The number of ether oxygens (including phenoxy) is 1. The van der Waals surface area contributed by atoms with Gasteiger partial charge in [-0.2, -0.15) is 0 Å². The van der Waals surface area contributed by atoms with Gasteiger partial charge in [-0.05, 0) is 12.1 Å². The minimum atomic E-state index is -0.379. The van der Waals surface area contributed by atoms with Crippen molar-refractivity contribution in [1.82, 2.24) is 10.2 Å². The zero-order valence-electron chi connectivity index (χ0n) is 11.7. The topological polar surface area (TPSA) is 73.8 Å². The third-order valence-electron chi connectivity index (χ3n) is 3.26. The summed E-state index contributed by atoms with van der Waals surface area (Å²) in [6.45, 7) is 3.46.